The van der Waals surface area contributed by atoms with Gasteiger partial charge in [0.2, 0.25) is 0 Å². The Morgan fingerprint density at radius 1 is 1.88 bits per heavy atom. The largest absolute Gasteiger partial charge is 0.299 e. The zero-order valence-corrected chi connectivity index (χ0v) is 4.98. The van der Waals surface area contributed by atoms with Crippen molar-refractivity contribution >= 4 is 11.8 Å². The van der Waals surface area contributed by atoms with Crippen molar-refractivity contribution in [3.05, 3.63) is 21.2 Å². The summed E-state index contributed by atoms with van der Waals surface area (Å²) in [5.74, 6) is 0.871. The molecule has 0 fully saturated rings. The first-order valence-electron chi connectivity index (χ1n) is 2.28. The van der Waals surface area contributed by atoms with Crippen LogP contribution >= 0.6 is 11.8 Å². The molecule has 0 aromatic carbocycles. The van der Waals surface area contributed by atoms with E-state index in [-0.39, 0.29) is 4.92 Å². The molecule has 0 saturated heterocycles. The number of rotatable bonds is 1. The van der Waals surface area contributed by atoms with Crippen LogP contribution in [0.15, 0.2) is 11.1 Å². The topological polar surface area (TPSA) is 43.1 Å². The van der Waals surface area contributed by atoms with Crippen LogP contribution in [0.25, 0.3) is 0 Å². The molecule has 0 spiro atoms. The molecule has 3 nitrogen and oxygen atoms in total. The van der Waals surface area contributed by atoms with Crippen LogP contribution < -0.4 is 0 Å². The van der Waals surface area contributed by atoms with E-state index in [4.69, 9.17) is 0 Å². The van der Waals surface area contributed by atoms with Crippen molar-refractivity contribution in [2.75, 3.05) is 5.75 Å². The summed E-state index contributed by atoms with van der Waals surface area (Å²) in [5.41, 5.74) is 0. The number of thioether (sulfide) groups is 1. The van der Waals surface area contributed by atoms with Gasteiger partial charge in [0.1, 0.15) is 0 Å². The van der Waals surface area contributed by atoms with Gasteiger partial charge in [-0.05, 0) is 6.42 Å². The average Bonchev–Trinajstić information content (AvgIpc) is 2.12. The van der Waals surface area contributed by atoms with Crippen molar-refractivity contribution in [2.24, 2.45) is 0 Å². The van der Waals surface area contributed by atoms with Gasteiger partial charge in [-0.1, -0.05) is 11.8 Å². The Bertz CT molecular complexity index is 143. The Kier molecular flexibility index (Phi) is 1.53. The summed E-state index contributed by atoms with van der Waals surface area (Å²) >= 11 is 1.31. The van der Waals surface area contributed by atoms with E-state index in [0.717, 1.165) is 12.2 Å². The van der Waals surface area contributed by atoms with Crippen LogP contribution in [0.5, 0.6) is 0 Å². The van der Waals surface area contributed by atoms with E-state index in [1.807, 2.05) is 0 Å². The first-order chi connectivity index (χ1) is 3.80. The molecule has 0 unspecified atom stereocenters. The second kappa shape index (κ2) is 2.17. The maximum Gasteiger partial charge on any atom is 0.299 e. The normalized spacial score (nSPS) is 18.2. The van der Waals surface area contributed by atoms with Crippen molar-refractivity contribution in [2.45, 2.75) is 6.42 Å². The summed E-state index contributed by atoms with van der Waals surface area (Å²) in [7, 11) is 0. The molecule has 0 aliphatic carbocycles. The zero-order valence-electron chi connectivity index (χ0n) is 4.16. The lowest BCUT2D eigenvalue weighted by atomic mass is 10.5. The van der Waals surface area contributed by atoms with Gasteiger partial charge in [-0.3, -0.25) is 10.1 Å². The molecule has 1 aliphatic rings. The van der Waals surface area contributed by atoms with E-state index in [0.29, 0.717) is 5.03 Å². The fourth-order valence-corrected chi connectivity index (χ4v) is 1.32. The Morgan fingerprint density at radius 2 is 2.62 bits per heavy atom. The molecule has 0 saturated carbocycles. The number of nitro groups is 1. The predicted octanol–water partition coefficient (Wildman–Crippen LogP) is 1.24. The van der Waals surface area contributed by atoms with Crippen LogP contribution in [-0.2, 0) is 0 Å². The molecule has 1 heterocycles. The van der Waals surface area contributed by atoms with Crippen molar-refractivity contribution in [1.82, 2.24) is 0 Å². The lowest BCUT2D eigenvalue weighted by molar-refractivity contribution is -0.410. The molecule has 0 aromatic heterocycles. The summed E-state index contributed by atoms with van der Waals surface area (Å²) in [5, 5.41) is 10.2. The first kappa shape index (κ1) is 5.62. The number of allylic oxidation sites excluding steroid dienone is 1. The molecule has 0 atom stereocenters. The van der Waals surface area contributed by atoms with Crippen LogP contribution in [0.3, 0.4) is 0 Å². The lowest BCUT2D eigenvalue weighted by Crippen LogP contribution is -1.89. The molecule has 44 valence electrons. The quantitative estimate of drug-likeness (QED) is 0.397. The standard InChI is InChI=1S/C4H5NO2S/c6-5(7)4-2-1-3-8-4/h2H,1,3H2. The third kappa shape index (κ3) is 1.01. The number of hydrogen-bond donors (Lipinski definition) is 0. The summed E-state index contributed by atoms with van der Waals surface area (Å²) in [6.45, 7) is 0. The maximum atomic E-state index is 9.92. The van der Waals surface area contributed by atoms with E-state index in [1.165, 1.54) is 11.8 Å². The molecular weight excluding hydrogens is 126 g/mol. The van der Waals surface area contributed by atoms with Crippen molar-refractivity contribution in [3.8, 4) is 0 Å². The SMILES string of the molecule is O=[N+]([O-])C1=CCCS1. The van der Waals surface area contributed by atoms with E-state index in [1.54, 1.807) is 6.08 Å². The summed E-state index contributed by atoms with van der Waals surface area (Å²) in [6, 6.07) is 0. The van der Waals surface area contributed by atoms with Crippen LogP contribution in [-0.4, -0.2) is 10.7 Å². The van der Waals surface area contributed by atoms with E-state index < -0.39 is 0 Å². The van der Waals surface area contributed by atoms with Crippen LogP contribution in [0.2, 0.25) is 0 Å². The third-order valence-electron chi connectivity index (χ3n) is 0.867. The van der Waals surface area contributed by atoms with E-state index >= 15 is 0 Å². The molecule has 4 heteroatoms. The fraction of sp³-hybridized carbons (Fsp3) is 0.500. The Morgan fingerprint density at radius 3 is 2.88 bits per heavy atom. The number of nitrogens with zero attached hydrogens (tertiary/aromatic N) is 1. The maximum absolute atomic E-state index is 9.92. The van der Waals surface area contributed by atoms with Gasteiger partial charge in [0.05, 0.1) is 4.92 Å². The van der Waals surface area contributed by atoms with Crippen LogP contribution in [0.1, 0.15) is 6.42 Å². The summed E-state index contributed by atoms with van der Waals surface area (Å²) < 4.78 is 0. The molecule has 0 bridgehead atoms. The highest BCUT2D eigenvalue weighted by molar-refractivity contribution is 8.03. The monoisotopic (exact) mass is 131 g/mol. The molecule has 0 aromatic rings. The molecule has 8 heavy (non-hydrogen) atoms. The fourth-order valence-electron chi connectivity index (χ4n) is 0.532. The van der Waals surface area contributed by atoms with Gasteiger partial charge in [-0.15, -0.1) is 0 Å². The Hall–Kier alpha value is -0.510. The highest BCUT2D eigenvalue weighted by Gasteiger charge is 2.14. The smallest absolute Gasteiger partial charge is 0.258 e. The molecule has 0 radical (unpaired) electrons. The third-order valence-corrected chi connectivity index (χ3v) is 1.92. The second-order valence-electron chi connectivity index (χ2n) is 1.44. The van der Waals surface area contributed by atoms with E-state index in [2.05, 4.69) is 0 Å². The van der Waals surface area contributed by atoms with Gasteiger partial charge >= 0.3 is 0 Å². The van der Waals surface area contributed by atoms with Gasteiger partial charge < -0.3 is 0 Å². The minimum absolute atomic E-state index is 0.310. The van der Waals surface area contributed by atoms with Gasteiger partial charge in [-0.25, -0.2) is 0 Å². The molecular formula is C4H5NO2S. The average molecular weight is 131 g/mol. The molecule has 1 aliphatic heterocycles. The van der Waals surface area contributed by atoms with Crippen molar-refractivity contribution in [3.63, 3.8) is 0 Å². The number of hydrogen-bond acceptors (Lipinski definition) is 3. The van der Waals surface area contributed by atoms with Crippen LogP contribution in [0, 0.1) is 10.1 Å². The Balaban J connectivity index is 2.57. The zero-order chi connectivity index (χ0) is 5.98. The Labute approximate surface area is 50.9 Å². The van der Waals surface area contributed by atoms with E-state index in [9.17, 15) is 10.1 Å². The van der Waals surface area contributed by atoms with Crippen molar-refractivity contribution in [1.29, 1.82) is 0 Å². The summed E-state index contributed by atoms with van der Waals surface area (Å²) in [4.78, 5) is 9.58. The summed E-state index contributed by atoms with van der Waals surface area (Å²) in [6.07, 6.45) is 2.51. The molecule has 0 amide bonds. The molecule has 1 rings (SSSR count). The highest BCUT2D eigenvalue weighted by atomic mass is 32.2. The minimum atomic E-state index is -0.336. The second-order valence-corrected chi connectivity index (χ2v) is 2.55. The lowest BCUT2D eigenvalue weighted by Gasteiger charge is -1.83. The first-order valence-corrected chi connectivity index (χ1v) is 3.26. The van der Waals surface area contributed by atoms with Crippen molar-refractivity contribution < 1.29 is 4.92 Å². The van der Waals surface area contributed by atoms with Crippen LogP contribution in [0.4, 0.5) is 0 Å². The predicted molar refractivity (Wildman–Crippen MR) is 32.2 cm³/mol. The molecule has 0 N–H and O–H groups in total. The van der Waals surface area contributed by atoms with Gasteiger partial charge in [0, 0.05) is 11.8 Å². The highest BCUT2D eigenvalue weighted by Crippen LogP contribution is 2.24. The minimum Gasteiger partial charge on any atom is -0.258 e. The van der Waals surface area contributed by atoms with Gasteiger partial charge in [-0.2, -0.15) is 0 Å². The van der Waals surface area contributed by atoms with Gasteiger partial charge in [0.15, 0.2) is 0 Å². The van der Waals surface area contributed by atoms with Gasteiger partial charge in [0.25, 0.3) is 5.03 Å².